The van der Waals surface area contributed by atoms with Gasteiger partial charge in [-0.1, -0.05) is 12.1 Å². The van der Waals surface area contributed by atoms with E-state index < -0.39 is 0 Å². The molecule has 1 N–H and O–H groups in total. The third-order valence-corrected chi connectivity index (χ3v) is 3.14. The topological polar surface area (TPSA) is 39.1 Å². The van der Waals surface area contributed by atoms with E-state index >= 15 is 0 Å². The minimum absolute atomic E-state index is 0. The van der Waals surface area contributed by atoms with Gasteiger partial charge in [0, 0.05) is 24.3 Å². The number of hydrogen-bond donors (Lipinski definition) is 1. The third-order valence-electron chi connectivity index (χ3n) is 3.14. The smallest absolute Gasteiger partial charge is 0.151 e. The van der Waals surface area contributed by atoms with Gasteiger partial charge in [-0.25, -0.2) is 0 Å². The molecule has 0 atom stereocenters. The van der Waals surface area contributed by atoms with Crippen LogP contribution in [0.1, 0.15) is 37.9 Å². The zero-order chi connectivity index (χ0) is 14.5. The van der Waals surface area contributed by atoms with Crippen molar-refractivity contribution in [2.45, 2.75) is 40.3 Å². The molecule has 0 aliphatic rings. The first-order chi connectivity index (χ1) is 9.60. The van der Waals surface area contributed by atoms with Gasteiger partial charge in [-0.2, -0.15) is 5.10 Å². The van der Waals surface area contributed by atoms with Crippen LogP contribution in [0.4, 0.5) is 5.82 Å². The highest BCUT2D eigenvalue weighted by atomic mass is 35.5. The van der Waals surface area contributed by atoms with Crippen LogP contribution in [0.15, 0.2) is 30.5 Å². The molecule has 5 heteroatoms. The number of ether oxygens (including phenoxy) is 1. The van der Waals surface area contributed by atoms with Crippen LogP contribution in [-0.4, -0.2) is 16.4 Å². The van der Waals surface area contributed by atoms with Gasteiger partial charge in [-0.15, -0.1) is 12.4 Å². The van der Waals surface area contributed by atoms with Gasteiger partial charge in [0.15, 0.2) is 5.82 Å². The second kappa shape index (κ2) is 7.93. The molecule has 1 aromatic heterocycles. The molecule has 116 valence electrons. The van der Waals surface area contributed by atoms with Gasteiger partial charge in [0.2, 0.25) is 0 Å². The third kappa shape index (κ3) is 4.67. The molecule has 1 heterocycles. The van der Waals surface area contributed by atoms with E-state index in [9.17, 15) is 0 Å². The van der Waals surface area contributed by atoms with Gasteiger partial charge < -0.3 is 10.1 Å². The van der Waals surface area contributed by atoms with Crippen molar-refractivity contribution >= 4 is 18.2 Å². The van der Waals surface area contributed by atoms with Crippen molar-refractivity contribution < 1.29 is 4.74 Å². The van der Waals surface area contributed by atoms with Crippen molar-refractivity contribution in [2.75, 3.05) is 11.9 Å². The van der Waals surface area contributed by atoms with E-state index in [-0.39, 0.29) is 12.4 Å². The Hall–Kier alpha value is -1.68. The molecule has 0 aliphatic heterocycles. The molecule has 21 heavy (non-hydrogen) atoms. The van der Waals surface area contributed by atoms with Gasteiger partial charge in [0.1, 0.15) is 5.75 Å². The SMILES string of the molecule is CCOc1ccc(CNc2nn(C(C)C)cc2C)cc1.Cl. The maximum absolute atomic E-state index is 5.44. The monoisotopic (exact) mass is 309 g/mol. The van der Waals surface area contributed by atoms with Gasteiger partial charge in [-0.05, 0) is 45.4 Å². The van der Waals surface area contributed by atoms with Crippen molar-refractivity contribution in [3.8, 4) is 5.75 Å². The lowest BCUT2D eigenvalue weighted by atomic mass is 10.2. The molecular formula is C16H24ClN3O. The van der Waals surface area contributed by atoms with Crippen molar-refractivity contribution in [3.63, 3.8) is 0 Å². The van der Waals surface area contributed by atoms with Crippen molar-refractivity contribution in [1.29, 1.82) is 0 Å². The predicted molar refractivity (Wildman–Crippen MR) is 89.5 cm³/mol. The first-order valence-electron chi connectivity index (χ1n) is 7.11. The zero-order valence-electron chi connectivity index (χ0n) is 13.1. The molecule has 4 nitrogen and oxygen atoms in total. The Morgan fingerprint density at radius 3 is 2.43 bits per heavy atom. The molecule has 2 aromatic rings. The van der Waals surface area contributed by atoms with E-state index in [0.717, 1.165) is 18.1 Å². The van der Waals surface area contributed by atoms with Crippen LogP contribution in [-0.2, 0) is 6.54 Å². The zero-order valence-corrected chi connectivity index (χ0v) is 13.9. The summed E-state index contributed by atoms with van der Waals surface area (Å²) in [6.07, 6.45) is 2.07. The largest absolute Gasteiger partial charge is 0.494 e. The quantitative estimate of drug-likeness (QED) is 0.869. The fraction of sp³-hybridized carbons (Fsp3) is 0.438. The fourth-order valence-electron chi connectivity index (χ4n) is 1.98. The molecule has 0 saturated carbocycles. The summed E-state index contributed by atoms with van der Waals surface area (Å²) in [5.74, 6) is 1.86. The molecule has 0 saturated heterocycles. The van der Waals surface area contributed by atoms with Crippen LogP contribution < -0.4 is 10.1 Å². The Morgan fingerprint density at radius 1 is 1.24 bits per heavy atom. The van der Waals surface area contributed by atoms with Gasteiger partial charge in [-0.3, -0.25) is 4.68 Å². The Bertz CT molecular complexity index is 549. The molecule has 2 rings (SSSR count). The molecular weight excluding hydrogens is 286 g/mol. The van der Waals surface area contributed by atoms with Crippen molar-refractivity contribution in [3.05, 3.63) is 41.6 Å². The number of aromatic nitrogens is 2. The number of aryl methyl sites for hydroxylation is 1. The Balaban J connectivity index is 0.00000220. The summed E-state index contributed by atoms with van der Waals surface area (Å²) >= 11 is 0. The summed E-state index contributed by atoms with van der Waals surface area (Å²) in [5.41, 5.74) is 2.39. The van der Waals surface area contributed by atoms with Crippen molar-refractivity contribution in [2.24, 2.45) is 0 Å². The van der Waals surface area contributed by atoms with Crippen LogP contribution in [0.2, 0.25) is 0 Å². The van der Waals surface area contributed by atoms with E-state index in [1.807, 2.05) is 23.7 Å². The van der Waals surface area contributed by atoms with Gasteiger partial charge in [0.05, 0.1) is 6.61 Å². The standard InChI is InChI=1S/C16H23N3O.ClH/c1-5-20-15-8-6-14(7-9-15)10-17-16-13(4)11-19(18-16)12(2)3;/h6-9,11-12H,5,10H2,1-4H3,(H,17,18);1H. The lowest BCUT2D eigenvalue weighted by Gasteiger charge is -2.07. The number of halogens is 1. The van der Waals surface area contributed by atoms with E-state index in [1.165, 1.54) is 11.1 Å². The van der Waals surface area contributed by atoms with Crippen molar-refractivity contribution in [1.82, 2.24) is 9.78 Å². The highest BCUT2D eigenvalue weighted by molar-refractivity contribution is 5.85. The summed E-state index contributed by atoms with van der Waals surface area (Å²) in [6.45, 7) is 9.78. The summed E-state index contributed by atoms with van der Waals surface area (Å²) in [5, 5.41) is 7.94. The number of anilines is 1. The van der Waals surface area contributed by atoms with E-state index in [0.29, 0.717) is 12.6 Å². The minimum atomic E-state index is 0. The molecule has 0 unspecified atom stereocenters. The normalized spacial score (nSPS) is 10.3. The first kappa shape index (κ1) is 17.4. The summed E-state index contributed by atoms with van der Waals surface area (Å²) in [6, 6.07) is 8.54. The highest BCUT2D eigenvalue weighted by Crippen LogP contribution is 2.17. The fourth-order valence-corrected chi connectivity index (χ4v) is 1.98. The van der Waals surface area contributed by atoms with E-state index in [1.54, 1.807) is 0 Å². The van der Waals surface area contributed by atoms with Crippen LogP contribution in [0.25, 0.3) is 0 Å². The Labute approximate surface area is 132 Å². The maximum atomic E-state index is 5.44. The predicted octanol–water partition coefficient (Wildman–Crippen LogP) is 4.21. The lowest BCUT2D eigenvalue weighted by Crippen LogP contribution is -2.04. The molecule has 0 radical (unpaired) electrons. The summed E-state index contributed by atoms with van der Waals surface area (Å²) < 4.78 is 7.42. The van der Waals surface area contributed by atoms with Gasteiger partial charge in [0.25, 0.3) is 0 Å². The number of nitrogens with one attached hydrogen (secondary N) is 1. The number of rotatable bonds is 6. The first-order valence-corrected chi connectivity index (χ1v) is 7.11. The number of hydrogen-bond acceptors (Lipinski definition) is 3. The molecule has 0 bridgehead atoms. The maximum Gasteiger partial charge on any atom is 0.151 e. The van der Waals surface area contributed by atoms with Crippen LogP contribution >= 0.6 is 12.4 Å². The second-order valence-electron chi connectivity index (χ2n) is 5.16. The highest BCUT2D eigenvalue weighted by Gasteiger charge is 2.06. The molecule has 0 spiro atoms. The molecule has 0 amide bonds. The van der Waals surface area contributed by atoms with Crippen LogP contribution in [0, 0.1) is 6.92 Å². The van der Waals surface area contributed by atoms with Crippen LogP contribution in [0.5, 0.6) is 5.75 Å². The lowest BCUT2D eigenvalue weighted by molar-refractivity contribution is 0.340. The van der Waals surface area contributed by atoms with E-state index in [2.05, 4.69) is 49.5 Å². The van der Waals surface area contributed by atoms with E-state index in [4.69, 9.17) is 4.74 Å². The summed E-state index contributed by atoms with van der Waals surface area (Å²) in [4.78, 5) is 0. The second-order valence-corrected chi connectivity index (χ2v) is 5.16. The van der Waals surface area contributed by atoms with Gasteiger partial charge >= 0.3 is 0 Å². The molecule has 0 fully saturated rings. The molecule has 0 aliphatic carbocycles. The summed E-state index contributed by atoms with van der Waals surface area (Å²) in [7, 11) is 0. The average Bonchev–Trinajstić information content (AvgIpc) is 2.80. The number of benzene rings is 1. The Morgan fingerprint density at radius 2 is 1.90 bits per heavy atom. The van der Waals surface area contributed by atoms with Crippen LogP contribution in [0.3, 0.4) is 0 Å². The number of nitrogens with zero attached hydrogens (tertiary/aromatic N) is 2. The minimum Gasteiger partial charge on any atom is -0.494 e. The average molecular weight is 310 g/mol. The Kier molecular flexibility index (Phi) is 6.56. The molecule has 1 aromatic carbocycles.